The number of sulfonamides is 1. The van der Waals surface area contributed by atoms with Gasteiger partial charge in [0.25, 0.3) is 5.89 Å². The van der Waals surface area contributed by atoms with E-state index in [1.807, 2.05) is 0 Å². The van der Waals surface area contributed by atoms with Crippen molar-refractivity contribution in [2.75, 3.05) is 0 Å². The summed E-state index contributed by atoms with van der Waals surface area (Å²) in [6.45, 7) is 5.22. The van der Waals surface area contributed by atoms with Gasteiger partial charge in [-0.3, -0.25) is 0 Å². The molecule has 1 fully saturated rings. The Bertz CT molecular complexity index is 785. The molecule has 0 amide bonds. The lowest BCUT2D eigenvalue weighted by atomic mass is 10.2. The fourth-order valence-corrected chi connectivity index (χ4v) is 4.83. The van der Waals surface area contributed by atoms with Gasteiger partial charge in [0.2, 0.25) is 15.9 Å². The third-order valence-electron chi connectivity index (χ3n) is 4.00. The topological polar surface area (TPSA) is 101 Å². The third kappa shape index (κ3) is 2.68. The number of aromatic nitrogens is 3. The fourth-order valence-electron chi connectivity index (χ4n) is 3.07. The number of nitrogens with zero attached hydrogens (tertiary/aromatic N) is 2. The summed E-state index contributed by atoms with van der Waals surface area (Å²) < 4.78 is 33.8. The van der Waals surface area contributed by atoms with E-state index < -0.39 is 10.0 Å². The van der Waals surface area contributed by atoms with E-state index in [1.165, 1.54) is 0 Å². The SMILES string of the molecule is Cc1nnc(-c2c(C)[nH]c(C)c2S(=O)(=O)NC2CCCC2)o1. The zero-order chi connectivity index (χ0) is 15.9. The molecule has 1 aliphatic carbocycles. The van der Waals surface area contributed by atoms with E-state index in [-0.39, 0.29) is 16.8 Å². The Morgan fingerprint density at radius 2 is 1.82 bits per heavy atom. The molecular weight excluding hydrogens is 304 g/mol. The molecule has 0 saturated heterocycles. The number of hydrogen-bond acceptors (Lipinski definition) is 5. The maximum Gasteiger partial charge on any atom is 0.250 e. The number of aromatic amines is 1. The van der Waals surface area contributed by atoms with Gasteiger partial charge in [-0.05, 0) is 26.7 Å². The minimum Gasteiger partial charge on any atom is -0.421 e. The normalized spacial score (nSPS) is 16.5. The first-order valence-corrected chi connectivity index (χ1v) is 8.89. The molecule has 120 valence electrons. The molecule has 0 unspecified atom stereocenters. The molecule has 1 aliphatic rings. The Morgan fingerprint density at radius 1 is 1.14 bits per heavy atom. The molecular formula is C14H20N4O3S. The van der Waals surface area contributed by atoms with E-state index in [9.17, 15) is 8.42 Å². The van der Waals surface area contributed by atoms with Crippen molar-refractivity contribution in [3.63, 3.8) is 0 Å². The van der Waals surface area contributed by atoms with Crippen LogP contribution in [0.2, 0.25) is 0 Å². The van der Waals surface area contributed by atoms with Crippen LogP contribution in [-0.4, -0.2) is 29.6 Å². The second-order valence-corrected chi connectivity index (χ2v) is 7.46. The minimum absolute atomic E-state index is 0.0110. The molecule has 2 aromatic rings. The van der Waals surface area contributed by atoms with Gasteiger partial charge in [-0.15, -0.1) is 10.2 Å². The molecule has 0 radical (unpaired) electrons. The Balaban J connectivity index is 2.06. The van der Waals surface area contributed by atoms with Crippen molar-refractivity contribution in [3.8, 4) is 11.5 Å². The summed E-state index contributed by atoms with van der Waals surface area (Å²) in [5.74, 6) is 0.631. The van der Waals surface area contributed by atoms with E-state index in [0.29, 0.717) is 22.8 Å². The zero-order valence-corrected chi connectivity index (χ0v) is 13.7. The van der Waals surface area contributed by atoms with Gasteiger partial charge in [-0.2, -0.15) is 0 Å². The lowest BCUT2D eigenvalue weighted by Crippen LogP contribution is -2.33. The number of H-pyrrole nitrogens is 1. The predicted octanol–water partition coefficient (Wildman–Crippen LogP) is 2.21. The van der Waals surface area contributed by atoms with E-state index in [1.54, 1.807) is 20.8 Å². The smallest absolute Gasteiger partial charge is 0.250 e. The van der Waals surface area contributed by atoms with Gasteiger partial charge in [0.1, 0.15) is 4.90 Å². The Labute approximate surface area is 129 Å². The van der Waals surface area contributed by atoms with Crippen LogP contribution in [0.1, 0.15) is 43.0 Å². The van der Waals surface area contributed by atoms with Crippen molar-refractivity contribution in [3.05, 3.63) is 17.3 Å². The molecule has 8 heteroatoms. The molecule has 0 atom stereocenters. The fraction of sp³-hybridized carbons (Fsp3) is 0.571. The summed E-state index contributed by atoms with van der Waals surface area (Å²) in [6, 6.07) is 0.0110. The standard InChI is InChI=1S/C14H20N4O3S/c1-8-12(14-17-16-10(3)21-14)13(9(2)15-8)22(19,20)18-11-6-4-5-7-11/h11,15,18H,4-7H2,1-3H3. The lowest BCUT2D eigenvalue weighted by Gasteiger charge is -2.13. The molecule has 1 saturated carbocycles. The van der Waals surface area contributed by atoms with Crippen LogP contribution in [0.5, 0.6) is 0 Å². The molecule has 22 heavy (non-hydrogen) atoms. The quantitative estimate of drug-likeness (QED) is 0.898. The van der Waals surface area contributed by atoms with Gasteiger partial charge in [0.05, 0.1) is 5.56 Å². The first-order chi connectivity index (χ1) is 10.4. The van der Waals surface area contributed by atoms with Crippen LogP contribution in [-0.2, 0) is 10.0 Å². The highest BCUT2D eigenvalue weighted by molar-refractivity contribution is 7.89. The van der Waals surface area contributed by atoms with Crippen molar-refractivity contribution in [2.24, 2.45) is 0 Å². The molecule has 2 aromatic heterocycles. The molecule has 2 N–H and O–H groups in total. The summed E-state index contributed by atoms with van der Waals surface area (Å²) in [6.07, 6.45) is 3.90. The lowest BCUT2D eigenvalue weighted by molar-refractivity contribution is 0.529. The van der Waals surface area contributed by atoms with E-state index in [0.717, 1.165) is 25.7 Å². The average Bonchev–Trinajstić information content (AvgIpc) is 3.10. The largest absolute Gasteiger partial charge is 0.421 e. The second-order valence-electron chi connectivity index (χ2n) is 5.81. The highest BCUT2D eigenvalue weighted by Crippen LogP contribution is 2.33. The number of aryl methyl sites for hydroxylation is 3. The number of rotatable bonds is 4. The van der Waals surface area contributed by atoms with Crippen LogP contribution in [0.4, 0.5) is 0 Å². The molecule has 0 aromatic carbocycles. The number of nitrogens with one attached hydrogen (secondary N) is 2. The van der Waals surface area contributed by atoms with Crippen LogP contribution in [0.3, 0.4) is 0 Å². The summed E-state index contributed by atoms with van der Waals surface area (Å²) in [7, 11) is -3.63. The first kappa shape index (κ1) is 15.2. The van der Waals surface area contributed by atoms with Crippen LogP contribution < -0.4 is 4.72 Å². The Morgan fingerprint density at radius 3 is 2.41 bits per heavy atom. The Kier molecular flexibility index (Phi) is 3.82. The third-order valence-corrected chi connectivity index (χ3v) is 5.69. The van der Waals surface area contributed by atoms with Crippen LogP contribution in [0.15, 0.2) is 9.31 Å². The van der Waals surface area contributed by atoms with E-state index >= 15 is 0 Å². The summed E-state index contributed by atoms with van der Waals surface area (Å²) in [5, 5.41) is 7.76. The molecule has 2 heterocycles. The van der Waals surface area contributed by atoms with Gasteiger partial charge in [0.15, 0.2) is 0 Å². The first-order valence-electron chi connectivity index (χ1n) is 7.40. The Hall–Kier alpha value is -1.67. The summed E-state index contributed by atoms with van der Waals surface area (Å²) in [4.78, 5) is 3.28. The van der Waals surface area contributed by atoms with Crippen molar-refractivity contribution in [1.82, 2.24) is 19.9 Å². The highest BCUT2D eigenvalue weighted by atomic mass is 32.2. The van der Waals surface area contributed by atoms with Crippen molar-refractivity contribution in [1.29, 1.82) is 0 Å². The second kappa shape index (κ2) is 5.51. The van der Waals surface area contributed by atoms with Crippen LogP contribution in [0, 0.1) is 20.8 Å². The van der Waals surface area contributed by atoms with Crippen molar-refractivity contribution < 1.29 is 12.8 Å². The maximum absolute atomic E-state index is 12.8. The monoisotopic (exact) mass is 324 g/mol. The average molecular weight is 324 g/mol. The molecule has 0 spiro atoms. The predicted molar refractivity (Wildman–Crippen MR) is 80.9 cm³/mol. The zero-order valence-electron chi connectivity index (χ0n) is 12.9. The summed E-state index contributed by atoms with van der Waals surface area (Å²) >= 11 is 0. The number of hydrogen-bond donors (Lipinski definition) is 2. The highest BCUT2D eigenvalue weighted by Gasteiger charge is 2.31. The van der Waals surface area contributed by atoms with Crippen LogP contribution >= 0.6 is 0 Å². The van der Waals surface area contributed by atoms with Crippen LogP contribution in [0.25, 0.3) is 11.5 Å². The summed E-state index contributed by atoms with van der Waals surface area (Å²) in [5.41, 5.74) is 1.74. The van der Waals surface area contributed by atoms with Crippen molar-refractivity contribution in [2.45, 2.75) is 57.4 Å². The van der Waals surface area contributed by atoms with Gasteiger partial charge < -0.3 is 9.40 Å². The van der Waals surface area contributed by atoms with Gasteiger partial charge in [-0.1, -0.05) is 12.8 Å². The molecule has 0 bridgehead atoms. The molecule has 7 nitrogen and oxygen atoms in total. The molecule has 3 rings (SSSR count). The van der Waals surface area contributed by atoms with Gasteiger partial charge in [-0.25, -0.2) is 13.1 Å². The van der Waals surface area contributed by atoms with Crippen molar-refractivity contribution >= 4 is 10.0 Å². The maximum atomic E-state index is 12.8. The minimum atomic E-state index is -3.63. The van der Waals surface area contributed by atoms with Gasteiger partial charge >= 0.3 is 0 Å². The van der Waals surface area contributed by atoms with Gasteiger partial charge in [0, 0.05) is 24.4 Å². The van der Waals surface area contributed by atoms with E-state index in [4.69, 9.17) is 4.42 Å². The van der Waals surface area contributed by atoms with E-state index in [2.05, 4.69) is 19.9 Å². The molecule has 0 aliphatic heterocycles.